The Morgan fingerprint density at radius 1 is 1.06 bits per heavy atom. The minimum absolute atomic E-state index is 1.03. The third-order valence-electron chi connectivity index (χ3n) is 2.94. The van der Waals surface area contributed by atoms with E-state index in [4.69, 9.17) is 0 Å². The van der Waals surface area contributed by atoms with E-state index in [2.05, 4.69) is 16.9 Å². The largest absolute Gasteiger partial charge is 0.348 e. The molecule has 0 aromatic carbocycles. The van der Waals surface area contributed by atoms with Gasteiger partial charge in [-0.1, -0.05) is 51.9 Å². The van der Waals surface area contributed by atoms with Gasteiger partial charge in [0.1, 0.15) is 5.82 Å². The van der Waals surface area contributed by atoms with E-state index in [0.29, 0.717) is 0 Å². The molecule has 2 nitrogen and oxygen atoms in total. The van der Waals surface area contributed by atoms with E-state index in [1.165, 1.54) is 57.1 Å². The fourth-order valence-electron chi connectivity index (χ4n) is 1.88. The van der Waals surface area contributed by atoms with Gasteiger partial charge in [0.15, 0.2) is 0 Å². The number of unbranched alkanes of at least 4 members (excludes halogenated alkanes) is 7. The van der Waals surface area contributed by atoms with Gasteiger partial charge in [0.25, 0.3) is 0 Å². The van der Waals surface area contributed by atoms with Crippen molar-refractivity contribution in [3.63, 3.8) is 0 Å². The minimum Gasteiger partial charge on any atom is -0.348 e. The average Bonchev–Trinajstić information content (AvgIpc) is 2.85. The second-order valence-corrected chi connectivity index (χ2v) is 5.67. The van der Waals surface area contributed by atoms with Gasteiger partial charge >= 0.3 is 0 Å². The number of thioether (sulfide) groups is 1. The molecule has 98 valence electrons. The topological polar surface area (TPSA) is 28.7 Å². The number of nitrogens with one attached hydrogen (secondary N) is 1. The molecule has 0 fully saturated rings. The van der Waals surface area contributed by atoms with E-state index in [-0.39, 0.29) is 0 Å². The summed E-state index contributed by atoms with van der Waals surface area (Å²) >= 11 is 1.99. The molecule has 17 heavy (non-hydrogen) atoms. The predicted molar refractivity (Wildman–Crippen MR) is 77.4 cm³/mol. The summed E-state index contributed by atoms with van der Waals surface area (Å²) in [5.41, 5.74) is 0. The van der Waals surface area contributed by atoms with Crippen LogP contribution in [-0.4, -0.2) is 15.7 Å². The van der Waals surface area contributed by atoms with E-state index < -0.39 is 0 Å². The molecule has 0 bridgehead atoms. The number of aromatic amines is 1. The summed E-state index contributed by atoms with van der Waals surface area (Å²) in [6.07, 6.45) is 15.0. The van der Waals surface area contributed by atoms with Gasteiger partial charge in [-0.25, -0.2) is 4.98 Å². The SMILES string of the molecule is CCCCCCCCCCSCc1ncc[nH]1. The summed E-state index contributed by atoms with van der Waals surface area (Å²) < 4.78 is 0. The Kier molecular flexibility index (Phi) is 9.20. The van der Waals surface area contributed by atoms with E-state index >= 15 is 0 Å². The summed E-state index contributed by atoms with van der Waals surface area (Å²) in [4.78, 5) is 7.35. The maximum absolute atomic E-state index is 4.22. The Morgan fingerprint density at radius 3 is 2.41 bits per heavy atom. The van der Waals surface area contributed by atoms with Crippen molar-refractivity contribution in [3.8, 4) is 0 Å². The third-order valence-corrected chi connectivity index (χ3v) is 3.99. The molecule has 0 saturated carbocycles. The summed E-state index contributed by atoms with van der Waals surface area (Å²) in [7, 11) is 0. The molecule has 1 N–H and O–H groups in total. The van der Waals surface area contributed by atoms with E-state index in [1.807, 2.05) is 24.2 Å². The Morgan fingerprint density at radius 2 is 1.76 bits per heavy atom. The van der Waals surface area contributed by atoms with Crippen molar-refractivity contribution >= 4 is 11.8 Å². The first-order valence-corrected chi connectivity index (χ1v) is 8.15. The van der Waals surface area contributed by atoms with Crippen LogP contribution in [0.25, 0.3) is 0 Å². The maximum atomic E-state index is 4.22. The molecule has 0 saturated heterocycles. The number of imidazole rings is 1. The highest BCUT2D eigenvalue weighted by Crippen LogP contribution is 2.13. The van der Waals surface area contributed by atoms with Gasteiger partial charge in [0, 0.05) is 12.4 Å². The molecule has 0 radical (unpaired) electrons. The summed E-state index contributed by atoms with van der Waals surface area (Å²) in [5.74, 6) is 3.41. The lowest BCUT2D eigenvalue weighted by atomic mass is 10.1. The molecule has 1 aromatic rings. The fraction of sp³-hybridized carbons (Fsp3) is 0.786. The quantitative estimate of drug-likeness (QED) is 0.575. The van der Waals surface area contributed by atoms with Gasteiger partial charge in [-0.15, -0.1) is 0 Å². The second-order valence-electron chi connectivity index (χ2n) is 4.56. The van der Waals surface area contributed by atoms with Crippen LogP contribution in [0.4, 0.5) is 0 Å². The molecule has 1 heterocycles. The molecule has 0 atom stereocenters. The minimum atomic E-state index is 1.03. The lowest BCUT2D eigenvalue weighted by Gasteiger charge is -2.01. The van der Waals surface area contributed by atoms with E-state index in [0.717, 1.165) is 11.6 Å². The lowest BCUT2D eigenvalue weighted by molar-refractivity contribution is 0.586. The lowest BCUT2D eigenvalue weighted by Crippen LogP contribution is -1.87. The van der Waals surface area contributed by atoms with Crippen molar-refractivity contribution in [2.75, 3.05) is 5.75 Å². The van der Waals surface area contributed by atoms with Crippen LogP contribution in [-0.2, 0) is 5.75 Å². The molecule has 1 rings (SSSR count). The third kappa shape index (κ3) is 8.31. The van der Waals surface area contributed by atoms with Gasteiger partial charge in [0.2, 0.25) is 0 Å². The summed E-state index contributed by atoms with van der Waals surface area (Å²) in [6, 6.07) is 0. The van der Waals surface area contributed by atoms with Crippen LogP contribution in [0.1, 0.15) is 64.1 Å². The van der Waals surface area contributed by atoms with Crippen molar-refractivity contribution in [1.29, 1.82) is 0 Å². The van der Waals surface area contributed by atoms with Crippen LogP contribution in [0.5, 0.6) is 0 Å². The van der Waals surface area contributed by atoms with Crippen LogP contribution >= 0.6 is 11.8 Å². The van der Waals surface area contributed by atoms with Gasteiger partial charge in [0.05, 0.1) is 5.75 Å². The van der Waals surface area contributed by atoms with E-state index in [9.17, 15) is 0 Å². The highest BCUT2D eigenvalue weighted by molar-refractivity contribution is 7.98. The molecule has 0 aliphatic carbocycles. The molecule has 3 heteroatoms. The number of hydrogen-bond acceptors (Lipinski definition) is 2. The standard InChI is InChI=1S/C14H26N2S/c1-2-3-4-5-6-7-8-9-12-17-13-14-15-10-11-16-14/h10-11H,2-9,12-13H2,1H3,(H,15,16). The van der Waals surface area contributed by atoms with Crippen LogP contribution < -0.4 is 0 Å². The second kappa shape index (κ2) is 10.7. The van der Waals surface area contributed by atoms with Crippen molar-refractivity contribution in [3.05, 3.63) is 18.2 Å². The van der Waals surface area contributed by atoms with Crippen LogP contribution in [0.3, 0.4) is 0 Å². The number of H-pyrrole nitrogens is 1. The van der Waals surface area contributed by atoms with Gasteiger partial charge in [-0.05, 0) is 12.2 Å². The van der Waals surface area contributed by atoms with Gasteiger partial charge in [-0.2, -0.15) is 11.8 Å². The van der Waals surface area contributed by atoms with Crippen molar-refractivity contribution in [2.45, 2.75) is 64.0 Å². The van der Waals surface area contributed by atoms with E-state index in [1.54, 1.807) is 0 Å². The molecule has 0 aliphatic heterocycles. The molecule has 0 spiro atoms. The van der Waals surface area contributed by atoms with Crippen molar-refractivity contribution in [1.82, 2.24) is 9.97 Å². The smallest absolute Gasteiger partial charge is 0.116 e. The maximum Gasteiger partial charge on any atom is 0.116 e. The molecule has 0 amide bonds. The van der Waals surface area contributed by atoms with Crippen molar-refractivity contribution < 1.29 is 0 Å². The molecule has 0 unspecified atom stereocenters. The van der Waals surface area contributed by atoms with Gasteiger partial charge < -0.3 is 4.98 Å². The molecule has 0 aliphatic rings. The van der Waals surface area contributed by atoms with Crippen LogP contribution in [0.2, 0.25) is 0 Å². The van der Waals surface area contributed by atoms with Crippen molar-refractivity contribution in [2.24, 2.45) is 0 Å². The van der Waals surface area contributed by atoms with Crippen LogP contribution in [0, 0.1) is 0 Å². The fourth-order valence-corrected chi connectivity index (χ4v) is 2.79. The Labute approximate surface area is 110 Å². The first-order chi connectivity index (χ1) is 8.43. The zero-order valence-electron chi connectivity index (χ0n) is 11.1. The Bertz CT molecular complexity index is 247. The Balaban J connectivity index is 1.76. The number of nitrogens with zero attached hydrogens (tertiary/aromatic N) is 1. The van der Waals surface area contributed by atoms with Crippen LogP contribution in [0.15, 0.2) is 12.4 Å². The number of hydrogen-bond donors (Lipinski definition) is 1. The highest BCUT2D eigenvalue weighted by Gasteiger charge is 1.95. The predicted octanol–water partition coefficient (Wildman–Crippen LogP) is 4.78. The zero-order chi connectivity index (χ0) is 12.2. The Hall–Kier alpha value is -0.440. The zero-order valence-corrected chi connectivity index (χ0v) is 11.9. The van der Waals surface area contributed by atoms with Gasteiger partial charge in [-0.3, -0.25) is 0 Å². The first-order valence-electron chi connectivity index (χ1n) is 6.99. The first kappa shape index (κ1) is 14.6. The normalized spacial score (nSPS) is 10.9. The molecule has 1 aromatic heterocycles. The molecular formula is C14H26N2S. The average molecular weight is 254 g/mol. The summed E-state index contributed by atoms with van der Waals surface area (Å²) in [6.45, 7) is 2.27. The number of aromatic nitrogens is 2. The summed E-state index contributed by atoms with van der Waals surface area (Å²) in [5, 5.41) is 0. The highest BCUT2D eigenvalue weighted by atomic mass is 32.2. The monoisotopic (exact) mass is 254 g/mol. The molecular weight excluding hydrogens is 228 g/mol. The number of rotatable bonds is 11.